The predicted octanol–water partition coefficient (Wildman–Crippen LogP) is 4.47. The van der Waals surface area contributed by atoms with E-state index < -0.39 is 5.97 Å². The molecule has 0 bridgehead atoms. The molecule has 1 heterocycles. The van der Waals surface area contributed by atoms with E-state index in [2.05, 4.69) is 0 Å². The van der Waals surface area contributed by atoms with Crippen LogP contribution < -0.4 is 0 Å². The summed E-state index contributed by atoms with van der Waals surface area (Å²) in [5.74, 6) is -1.24. The summed E-state index contributed by atoms with van der Waals surface area (Å²) in [6, 6.07) is 10.7. The fourth-order valence-corrected chi connectivity index (χ4v) is 2.77. The van der Waals surface area contributed by atoms with Gasteiger partial charge < -0.3 is 9.67 Å². The highest BCUT2D eigenvalue weighted by atomic mass is 19.1. The lowest BCUT2D eigenvalue weighted by atomic mass is 10.0. The number of carboxylic acid groups (broad SMARTS) is 1. The topological polar surface area (TPSA) is 42.2 Å². The molecule has 0 aliphatic heterocycles. The second kappa shape index (κ2) is 5.30. The van der Waals surface area contributed by atoms with Gasteiger partial charge in [0.2, 0.25) is 0 Å². The maximum Gasteiger partial charge on any atom is 0.337 e. The minimum Gasteiger partial charge on any atom is -0.478 e. The largest absolute Gasteiger partial charge is 0.478 e. The van der Waals surface area contributed by atoms with E-state index in [4.69, 9.17) is 0 Å². The van der Waals surface area contributed by atoms with Crippen LogP contribution in [0.3, 0.4) is 0 Å². The summed E-state index contributed by atoms with van der Waals surface area (Å²) in [5.41, 5.74) is 2.83. The van der Waals surface area contributed by atoms with Crippen molar-refractivity contribution in [3.8, 4) is 11.1 Å². The average molecular weight is 297 g/mol. The molecule has 112 valence electrons. The molecule has 1 N–H and O–H groups in total. The molecule has 3 rings (SSSR count). The molecule has 0 saturated heterocycles. The van der Waals surface area contributed by atoms with Crippen LogP contribution in [0.15, 0.2) is 42.6 Å². The molecule has 4 heteroatoms. The summed E-state index contributed by atoms with van der Waals surface area (Å²) in [4.78, 5) is 11.4. The first-order valence-corrected chi connectivity index (χ1v) is 7.14. The Kier molecular flexibility index (Phi) is 3.45. The summed E-state index contributed by atoms with van der Waals surface area (Å²) in [7, 11) is 0. The number of rotatable bonds is 3. The lowest BCUT2D eigenvalue weighted by Crippen LogP contribution is -1.95. The number of carbonyl (C=O) groups is 1. The van der Waals surface area contributed by atoms with E-state index >= 15 is 0 Å². The standard InChI is InChI=1S/C18H16FNO2/c1-3-20-10-15(18(21)22)14-9-12(7-8-16(14)20)13-6-4-5-11(2)17(13)19/h4-10H,3H2,1-2H3,(H,21,22). The molecule has 3 nitrogen and oxygen atoms in total. The monoisotopic (exact) mass is 297 g/mol. The molecule has 0 unspecified atom stereocenters. The van der Waals surface area contributed by atoms with Crippen molar-refractivity contribution in [1.82, 2.24) is 4.57 Å². The number of nitrogens with zero attached hydrogens (tertiary/aromatic N) is 1. The van der Waals surface area contributed by atoms with E-state index in [-0.39, 0.29) is 11.4 Å². The van der Waals surface area contributed by atoms with E-state index in [9.17, 15) is 14.3 Å². The van der Waals surface area contributed by atoms with Crippen LogP contribution in [0.2, 0.25) is 0 Å². The van der Waals surface area contributed by atoms with Crippen LogP contribution in [0.4, 0.5) is 4.39 Å². The lowest BCUT2D eigenvalue weighted by Gasteiger charge is -2.07. The Morgan fingerprint density at radius 3 is 2.73 bits per heavy atom. The molecule has 0 fully saturated rings. The minimum absolute atomic E-state index is 0.242. The number of halogens is 1. The van der Waals surface area contributed by atoms with Crippen LogP contribution in [-0.4, -0.2) is 15.6 Å². The first-order valence-electron chi connectivity index (χ1n) is 7.14. The molecule has 0 amide bonds. The van der Waals surface area contributed by atoms with Gasteiger partial charge in [-0.2, -0.15) is 0 Å². The van der Waals surface area contributed by atoms with Gasteiger partial charge in [-0.15, -0.1) is 0 Å². The number of aromatic carboxylic acids is 1. The molecular formula is C18H16FNO2. The zero-order valence-corrected chi connectivity index (χ0v) is 12.4. The van der Waals surface area contributed by atoms with Crippen molar-refractivity contribution >= 4 is 16.9 Å². The summed E-state index contributed by atoms with van der Waals surface area (Å²) in [6.45, 7) is 4.36. The maximum absolute atomic E-state index is 14.3. The number of carboxylic acids is 1. The second-order valence-corrected chi connectivity index (χ2v) is 5.30. The van der Waals surface area contributed by atoms with Gasteiger partial charge in [0.25, 0.3) is 0 Å². The highest BCUT2D eigenvalue weighted by Gasteiger charge is 2.15. The molecule has 1 aromatic heterocycles. The van der Waals surface area contributed by atoms with Gasteiger partial charge in [-0.3, -0.25) is 0 Å². The van der Waals surface area contributed by atoms with E-state index in [0.717, 1.165) is 5.52 Å². The molecule has 0 saturated carbocycles. The van der Waals surface area contributed by atoms with Crippen molar-refractivity contribution < 1.29 is 14.3 Å². The van der Waals surface area contributed by atoms with Crippen molar-refractivity contribution in [2.75, 3.05) is 0 Å². The molecule has 0 spiro atoms. The Morgan fingerprint density at radius 1 is 1.27 bits per heavy atom. The first-order chi connectivity index (χ1) is 10.5. The fraction of sp³-hybridized carbons (Fsp3) is 0.167. The second-order valence-electron chi connectivity index (χ2n) is 5.30. The van der Waals surface area contributed by atoms with Crippen LogP contribution in [0.5, 0.6) is 0 Å². The third kappa shape index (κ3) is 2.17. The van der Waals surface area contributed by atoms with Crippen molar-refractivity contribution in [2.24, 2.45) is 0 Å². The summed E-state index contributed by atoms with van der Waals surface area (Å²) in [5, 5.41) is 10.00. The Labute approximate surface area is 127 Å². The zero-order valence-electron chi connectivity index (χ0n) is 12.4. The summed E-state index contributed by atoms with van der Waals surface area (Å²) < 4.78 is 16.2. The molecule has 0 aliphatic rings. The summed E-state index contributed by atoms with van der Waals surface area (Å²) >= 11 is 0. The molecule has 0 atom stereocenters. The Morgan fingerprint density at radius 2 is 2.05 bits per heavy atom. The van der Waals surface area contributed by atoms with E-state index in [1.54, 1.807) is 37.4 Å². The smallest absolute Gasteiger partial charge is 0.337 e. The van der Waals surface area contributed by atoms with Gasteiger partial charge in [-0.05, 0) is 37.1 Å². The van der Waals surface area contributed by atoms with Crippen LogP contribution in [-0.2, 0) is 6.54 Å². The van der Waals surface area contributed by atoms with Gasteiger partial charge in [-0.1, -0.05) is 24.3 Å². The average Bonchev–Trinajstić information content (AvgIpc) is 2.88. The first kappa shape index (κ1) is 14.3. The maximum atomic E-state index is 14.3. The van der Waals surface area contributed by atoms with Crippen molar-refractivity contribution in [1.29, 1.82) is 0 Å². The molecule has 2 aromatic carbocycles. The van der Waals surface area contributed by atoms with E-state index in [1.165, 1.54) is 0 Å². The van der Waals surface area contributed by atoms with E-state index in [1.807, 2.05) is 23.6 Å². The van der Waals surface area contributed by atoms with Gasteiger partial charge in [0.15, 0.2) is 0 Å². The summed E-state index contributed by atoms with van der Waals surface area (Å²) in [6.07, 6.45) is 1.63. The Bertz CT molecular complexity index is 880. The van der Waals surface area contributed by atoms with Gasteiger partial charge in [0.1, 0.15) is 5.82 Å². The normalized spacial score (nSPS) is 11.0. The van der Waals surface area contributed by atoms with Crippen molar-refractivity contribution in [3.05, 3.63) is 59.5 Å². The van der Waals surface area contributed by atoms with Crippen LogP contribution in [0.1, 0.15) is 22.8 Å². The minimum atomic E-state index is -0.973. The number of fused-ring (bicyclic) bond motifs is 1. The lowest BCUT2D eigenvalue weighted by molar-refractivity contribution is 0.0699. The van der Waals surface area contributed by atoms with Crippen LogP contribution >= 0.6 is 0 Å². The highest BCUT2D eigenvalue weighted by Crippen LogP contribution is 2.30. The number of hydrogen-bond donors (Lipinski definition) is 1. The molecule has 0 aliphatic carbocycles. The number of hydrogen-bond acceptors (Lipinski definition) is 1. The van der Waals surface area contributed by atoms with Gasteiger partial charge in [0.05, 0.1) is 5.56 Å². The number of benzene rings is 2. The van der Waals surface area contributed by atoms with Crippen LogP contribution in [0, 0.1) is 12.7 Å². The van der Waals surface area contributed by atoms with Crippen LogP contribution in [0.25, 0.3) is 22.0 Å². The predicted molar refractivity (Wildman–Crippen MR) is 84.7 cm³/mol. The molecule has 0 radical (unpaired) electrons. The van der Waals surface area contributed by atoms with Gasteiger partial charge in [0, 0.05) is 29.2 Å². The Hall–Kier alpha value is -2.62. The molecule has 22 heavy (non-hydrogen) atoms. The van der Waals surface area contributed by atoms with Crippen molar-refractivity contribution in [2.45, 2.75) is 20.4 Å². The van der Waals surface area contributed by atoms with E-state index in [0.29, 0.717) is 28.6 Å². The quantitative estimate of drug-likeness (QED) is 0.774. The highest BCUT2D eigenvalue weighted by molar-refractivity contribution is 6.04. The fourth-order valence-electron chi connectivity index (χ4n) is 2.77. The SMILES string of the molecule is CCn1cc(C(=O)O)c2cc(-c3cccc(C)c3F)ccc21. The third-order valence-electron chi connectivity index (χ3n) is 3.95. The number of aryl methyl sites for hydroxylation is 2. The van der Waals surface area contributed by atoms with Gasteiger partial charge >= 0.3 is 5.97 Å². The zero-order chi connectivity index (χ0) is 15.9. The third-order valence-corrected chi connectivity index (χ3v) is 3.95. The van der Waals surface area contributed by atoms with Crippen molar-refractivity contribution in [3.63, 3.8) is 0 Å². The molecule has 3 aromatic rings. The Balaban J connectivity index is 2.27. The number of aromatic nitrogens is 1. The van der Waals surface area contributed by atoms with Gasteiger partial charge in [-0.25, -0.2) is 9.18 Å². The molecular weight excluding hydrogens is 281 g/mol.